The number of anilines is 1. The summed E-state index contributed by atoms with van der Waals surface area (Å²) in [6, 6.07) is 9.14. The summed E-state index contributed by atoms with van der Waals surface area (Å²) in [7, 11) is 0. The zero-order valence-corrected chi connectivity index (χ0v) is 15.2. The van der Waals surface area contributed by atoms with E-state index < -0.39 is 0 Å². The fraction of sp³-hybridized carbons (Fsp3) is 0.350. The Morgan fingerprint density at radius 3 is 2.60 bits per heavy atom. The molecule has 0 radical (unpaired) electrons. The lowest BCUT2D eigenvalue weighted by molar-refractivity contribution is 0.0934. The molecule has 2 amide bonds. The van der Waals surface area contributed by atoms with E-state index in [1.807, 2.05) is 45.9 Å². The van der Waals surface area contributed by atoms with Crippen LogP contribution in [-0.4, -0.2) is 22.8 Å². The van der Waals surface area contributed by atoms with Gasteiger partial charge in [0.1, 0.15) is 5.69 Å². The first kappa shape index (κ1) is 18.6. The number of hydrogen-bond donors (Lipinski definition) is 2. The minimum atomic E-state index is -0.269. The molecule has 0 saturated carbocycles. The van der Waals surface area contributed by atoms with E-state index in [9.17, 15) is 9.59 Å². The lowest BCUT2D eigenvalue weighted by Crippen LogP contribution is -2.32. The molecule has 1 atom stereocenters. The van der Waals surface area contributed by atoms with Gasteiger partial charge in [0.15, 0.2) is 0 Å². The smallest absolute Gasteiger partial charge is 0.270 e. The standard InChI is InChI=1S/C20H25N3O2/c1-5-14(4)22-20(25)17-12-16(10-11-21-17)19(24)23-18-13(3)8-7-9-15(18)6-2/h7-12,14H,5-6H2,1-4H3,(H,22,25)(H,23,24). The van der Waals surface area contributed by atoms with Crippen LogP contribution in [0.25, 0.3) is 0 Å². The second-order valence-electron chi connectivity index (χ2n) is 6.13. The van der Waals surface area contributed by atoms with E-state index in [1.54, 1.807) is 6.07 Å². The Morgan fingerprint density at radius 1 is 1.16 bits per heavy atom. The third kappa shape index (κ3) is 4.66. The second-order valence-corrected chi connectivity index (χ2v) is 6.13. The van der Waals surface area contributed by atoms with Crippen LogP contribution >= 0.6 is 0 Å². The Bertz CT molecular complexity index is 771. The normalized spacial score (nSPS) is 11.7. The number of nitrogens with one attached hydrogen (secondary N) is 2. The summed E-state index contributed by atoms with van der Waals surface area (Å²) >= 11 is 0. The van der Waals surface area contributed by atoms with Crippen molar-refractivity contribution >= 4 is 17.5 Å². The second kappa shape index (κ2) is 8.42. The molecule has 5 nitrogen and oxygen atoms in total. The topological polar surface area (TPSA) is 71.1 Å². The minimum absolute atomic E-state index is 0.0610. The van der Waals surface area contributed by atoms with Crippen molar-refractivity contribution in [1.29, 1.82) is 0 Å². The SMILES string of the molecule is CCc1cccc(C)c1NC(=O)c1ccnc(C(=O)NC(C)CC)c1. The lowest BCUT2D eigenvalue weighted by atomic mass is 10.1. The highest BCUT2D eigenvalue weighted by molar-refractivity contribution is 6.06. The number of aryl methyl sites for hydroxylation is 2. The maximum Gasteiger partial charge on any atom is 0.270 e. The monoisotopic (exact) mass is 339 g/mol. The first-order chi connectivity index (χ1) is 12.0. The van der Waals surface area contributed by atoms with E-state index in [4.69, 9.17) is 0 Å². The van der Waals surface area contributed by atoms with E-state index >= 15 is 0 Å². The Morgan fingerprint density at radius 2 is 1.92 bits per heavy atom. The highest BCUT2D eigenvalue weighted by Crippen LogP contribution is 2.22. The number of pyridine rings is 1. The van der Waals surface area contributed by atoms with Crippen molar-refractivity contribution < 1.29 is 9.59 Å². The number of nitrogens with zero attached hydrogens (tertiary/aromatic N) is 1. The zero-order chi connectivity index (χ0) is 18.4. The number of aromatic nitrogens is 1. The van der Waals surface area contributed by atoms with Crippen molar-refractivity contribution in [3.05, 3.63) is 58.9 Å². The maximum atomic E-state index is 12.6. The van der Waals surface area contributed by atoms with Gasteiger partial charge in [0.2, 0.25) is 0 Å². The van der Waals surface area contributed by atoms with Crippen LogP contribution in [0.4, 0.5) is 5.69 Å². The number of hydrogen-bond acceptors (Lipinski definition) is 3. The van der Waals surface area contributed by atoms with Gasteiger partial charge in [-0.2, -0.15) is 0 Å². The number of amides is 2. The average Bonchev–Trinajstić information content (AvgIpc) is 2.63. The molecular formula is C20H25N3O2. The Hall–Kier alpha value is -2.69. The quantitative estimate of drug-likeness (QED) is 0.842. The predicted octanol–water partition coefficient (Wildman–Crippen LogP) is 3.73. The molecule has 2 rings (SSSR count). The average molecular weight is 339 g/mol. The highest BCUT2D eigenvalue weighted by atomic mass is 16.2. The molecule has 1 aromatic carbocycles. The van der Waals surface area contributed by atoms with Crippen LogP contribution < -0.4 is 10.6 Å². The minimum Gasteiger partial charge on any atom is -0.348 e. The molecule has 132 valence electrons. The van der Waals surface area contributed by atoms with Crippen molar-refractivity contribution in [1.82, 2.24) is 10.3 Å². The van der Waals surface area contributed by atoms with Crippen LogP contribution in [0.2, 0.25) is 0 Å². The van der Waals surface area contributed by atoms with Gasteiger partial charge in [0.05, 0.1) is 0 Å². The van der Waals surface area contributed by atoms with E-state index in [1.165, 1.54) is 12.3 Å². The van der Waals surface area contributed by atoms with E-state index in [-0.39, 0.29) is 23.6 Å². The van der Waals surface area contributed by atoms with Crippen LogP contribution in [0.15, 0.2) is 36.5 Å². The van der Waals surface area contributed by atoms with Gasteiger partial charge in [-0.25, -0.2) is 0 Å². The summed E-state index contributed by atoms with van der Waals surface area (Å²) in [6.45, 7) is 7.94. The summed E-state index contributed by atoms with van der Waals surface area (Å²) in [5, 5.41) is 5.82. The third-order valence-corrected chi connectivity index (χ3v) is 4.22. The maximum absolute atomic E-state index is 12.6. The summed E-state index contributed by atoms with van der Waals surface area (Å²) in [4.78, 5) is 28.9. The van der Waals surface area contributed by atoms with Crippen molar-refractivity contribution in [3.63, 3.8) is 0 Å². The molecule has 0 aliphatic carbocycles. The van der Waals surface area contributed by atoms with Crippen molar-refractivity contribution in [2.75, 3.05) is 5.32 Å². The first-order valence-electron chi connectivity index (χ1n) is 8.63. The number of para-hydroxylation sites is 1. The van der Waals surface area contributed by atoms with E-state index in [0.29, 0.717) is 5.56 Å². The van der Waals surface area contributed by atoms with Crippen LogP contribution in [-0.2, 0) is 6.42 Å². The molecule has 0 aliphatic heterocycles. The molecule has 0 aliphatic rings. The van der Waals surface area contributed by atoms with Gasteiger partial charge in [0.25, 0.3) is 11.8 Å². The van der Waals surface area contributed by atoms with Crippen molar-refractivity contribution in [3.8, 4) is 0 Å². The lowest BCUT2D eigenvalue weighted by Gasteiger charge is -2.14. The number of benzene rings is 1. The highest BCUT2D eigenvalue weighted by Gasteiger charge is 2.15. The summed E-state index contributed by atoms with van der Waals surface area (Å²) in [5.41, 5.74) is 3.58. The Kier molecular flexibility index (Phi) is 6.28. The third-order valence-electron chi connectivity index (χ3n) is 4.22. The molecule has 2 aromatic rings. The van der Waals surface area contributed by atoms with Crippen molar-refractivity contribution in [2.24, 2.45) is 0 Å². The molecule has 5 heteroatoms. The summed E-state index contributed by atoms with van der Waals surface area (Å²) in [6.07, 6.45) is 3.15. The van der Waals surface area contributed by atoms with Crippen LogP contribution in [0.1, 0.15) is 59.2 Å². The van der Waals surface area contributed by atoms with Gasteiger partial charge < -0.3 is 10.6 Å². The summed E-state index contributed by atoms with van der Waals surface area (Å²) < 4.78 is 0. The molecule has 25 heavy (non-hydrogen) atoms. The van der Waals surface area contributed by atoms with E-state index in [0.717, 1.165) is 29.7 Å². The molecule has 0 spiro atoms. The zero-order valence-electron chi connectivity index (χ0n) is 15.2. The fourth-order valence-electron chi connectivity index (χ4n) is 2.48. The Balaban J connectivity index is 2.21. The molecule has 0 saturated heterocycles. The molecule has 1 aromatic heterocycles. The predicted molar refractivity (Wildman–Crippen MR) is 100.0 cm³/mol. The van der Waals surface area contributed by atoms with Gasteiger partial charge >= 0.3 is 0 Å². The fourth-order valence-corrected chi connectivity index (χ4v) is 2.48. The van der Waals surface area contributed by atoms with Crippen LogP contribution in [0.3, 0.4) is 0 Å². The van der Waals surface area contributed by atoms with Gasteiger partial charge in [-0.05, 0) is 49.9 Å². The summed E-state index contributed by atoms with van der Waals surface area (Å²) in [5.74, 6) is -0.516. The van der Waals surface area contributed by atoms with Gasteiger partial charge in [-0.3, -0.25) is 14.6 Å². The molecule has 1 heterocycles. The molecule has 0 bridgehead atoms. The van der Waals surface area contributed by atoms with Gasteiger partial charge in [-0.1, -0.05) is 32.0 Å². The number of carbonyl (C=O) groups is 2. The number of rotatable bonds is 6. The van der Waals surface area contributed by atoms with Crippen LogP contribution in [0.5, 0.6) is 0 Å². The first-order valence-corrected chi connectivity index (χ1v) is 8.63. The van der Waals surface area contributed by atoms with E-state index in [2.05, 4.69) is 15.6 Å². The molecule has 1 unspecified atom stereocenters. The van der Waals surface area contributed by atoms with Crippen LogP contribution in [0, 0.1) is 6.92 Å². The molecule has 2 N–H and O–H groups in total. The van der Waals surface area contributed by atoms with Crippen molar-refractivity contribution in [2.45, 2.75) is 46.6 Å². The molecule has 0 fully saturated rings. The largest absolute Gasteiger partial charge is 0.348 e. The Labute approximate surface area is 148 Å². The van der Waals surface area contributed by atoms with Gasteiger partial charge in [-0.15, -0.1) is 0 Å². The van der Waals surface area contributed by atoms with Gasteiger partial charge in [0, 0.05) is 23.5 Å². The molecular weight excluding hydrogens is 314 g/mol. The number of carbonyl (C=O) groups excluding carboxylic acids is 2.